The number of nitrogens with two attached hydrogens (primary N) is 1. The molecule has 6 heteroatoms. The van der Waals surface area contributed by atoms with E-state index < -0.39 is 23.2 Å². The Hall–Kier alpha value is -1.95. The Morgan fingerprint density at radius 3 is 2.50 bits per heavy atom. The lowest BCUT2D eigenvalue weighted by atomic mass is 10.2. The van der Waals surface area contributed by atoms with Gasteiger partial charge in [-0.1, -0.05) is 6.07 Å². The highest BCUT2D eigenvalue weighted by molar-refractivity contribution is 7.09. The van der Waals surface area contributed by atoms with Gasteiger partial charge < -0.3 is 10.5 Å². The van der Waals surface area contributed by atoms with Crippen molar-refractivity contribution >= 4 is 17.2 Å². The SMILES string of the molecule is N=C(N)c1cc(F)c(OCc2cccs2)c(F)c1. The first kappa shape index (κ1) is 12.5. The lowest BCUT2D eigenvalue weighted by Gasteiger charge is -2.08. The Morgan fingerprint density at radius 2 is 2.00 bits per heavy atom. The van der Waals surface area contributed by atoms with Crippen LogP contribution in [0.1, 0.15) is 10.4 Å². The van der Waals surface area contributed by atoms with Crippen LogP contribution in [0.25, 0.3) is 0 Å². The smallest absolute Gasteiger partial charge is 0.191 e. The zero-order chi connectivity index (χ0) is 13.1. The van der Waals surface area contributed by atoms with E-state index in [1.807, 2.05) is 17.5 Å². The number of thiophene rings is 1. The molecule has 3 N–H and O–H groups in total. The molecule has 0 atom stereocenters. The molecule has 1 aromatic carbocycles. The summed E-state index contributed by atoms with van der Waals surface area (Å²) in [6.07, 6.45) is 0. The van der Waals surface area contributed by atoms with Crippen LogP contribution in [0.15, 0.2) is 29.6 Å². The largest absolute Gasteiger partial charge is 0.482 e. The highest BCUT2D eigenvalue weighted by atomic mass is 32.1. The number of hydrogen-bond donors (Lipinski definition) is 2. The number of halogens is 2. The second kappa shape index (κ2) is 5.14. The second-order valence-corrected chi connectivity index (χ2v) is 4.58. The summed E-state index contributed by atoms with van der Waals surface area (Å²) in [5.41, 5.74) is 5.16. The first-order valence-electron chi connectivity index (χ1n) is 5.06. The molecule has 3 nitrogen and oxygen atoms in total. The zero-order valence-electron chi connectivity index (χ0n) is 9.24. The van der Waals surface area contributed by atoms with Gasteiger partial charge in [-0.2, -0.15) is 0 Å². The number of nitrogens with one attached hydrogen (secondary N) is 1. The average molecular weight is 268 g/mol. The van der Waals surface area contributed by atoms with Crippen molar-refractivity contribution < 1.29 is 13.5 Å². The molecule has 2 aromatic rings. The van der Waals surface area contributed by atoms with Crippen LogP contribution in [0, 0.1) is 17.0 Å². The van der Waals surface area contributed by atoms with Gasteiger partial charge in [-0.05, 0) is 23.6 Å². The minimum atomic E-state index is -0.864. The third kappa shape index (κ3) is 2.65. The normalized spacial score (nSPS) is 10.3. The number of rotatable bonds is 4. The standard InChI is InChI=1S/C12H10F2N2OS/c13-9-4-7(12(15)16)5-10(14)11(9)17-6-8-2-1-3-18-8/h1-5H,6H2,(H3,15,16). The summed E-state index contributed by atoms with van der Waals surface area (Å²) < 4.78 is 32.3. The lowest BCUT2D eigenvalue weighted by molar-refractivity contribution is 0.277. The molecule has 0 radical (unpaired) electrons. The fourth-order valence-corrected chi connectivity index (χ4v) is 2.01. The van der Waals surface area contributed by atoms with Crippen LogP contribution >= 0.6 is 11.3 Å². The third-order valence-electron chi connectivity index (χ3n) is 2.25. The molecule has 0 spiro atoms. The van der Waals surface area contributed by atoms with E-state index >= 15 is 0 Å². The molecule has 0 aliphatic heterocycles. The molecule has 94 valence electrons. The maximum absolute atomic E-state index is 13.6. The maximum atomic E-state index is 13.6. The summed E-state index contributed by atoms with van der Waals surface area (Å²) >= 11 is 1.44. The third-order valence-corrected chi connectivity index (χ3v) is 3.10. The van der Waals surface area contributed by atoms with Gasteiger partial charge in [-0.3, -0.25) is 5.41 Å². The van der Waals surface area contributed by atoms with Gasteiger partial charge in [0.2, 0.25) is 0 Å². The van der Waals surface area contributed by atoms with Crippen molar-refractivity contribution in [3.05, 3.63) is 51.7 Å². The van der Waals surface area contributed by atoms with Crippen LogP contribution in [-0.2, 0) is 6.61 Å². The second-order valence-electron chi connectivity index (χ2n) is 3.55. The van der Waals surface area contributed by atoms with E-state index in [0.717, 1.165) is 17.0 Å². The zero-order valence-corrected chi connectivity index (χ0v) is 10.1. The van der Waals surface area contributed by atoms with Gasteiger partial charge in [0.15, 0.2) is 17.4 Å². The molecule has 0 amide bonds. The Bertz CT molecular complexity index is 546. The minimum absolute atomic E-state index is 0.00604. The predicted octanol–water partition coefficient (Wildman–Crippen LogP) is 2.89. The van der Waals surface area contributed by atoms with Crippen LogP contribution in [0.3, 0.4) is 0 Å². The molecular formula is C12H10F2N2OS. The van der Waals surface area contributed by atoms with Crippen LogP contribution in [0.4, 0.5) is 8.78 Å². The van der Waals surface area contributed by atoms with Crippen molar-refractivity contribution in [2.45, 2.75) is 6.61 Å². The molecule has 0 unspecified atom stereocenters. The van der Waals surface area contributed by atoms with Gasteiger partial charge in [-0.15, -0.1) is 11.3 Å². The number of amidine groups is 1. The van der Waals surface area contributed by atoms with Crippen LogP contribution < -0.4 is 10.5 Å². The Balaban J connectivity index is 2.20. The molecule has 0 saturated heterocycles. The molecule has 0 aliphatic rings. The molecule has 2 rings (SSSR count). The lowest BCUT2D eigenvalue weighted by Crippen LogP contribution is -2.12. The van der Waals surface area contributed by atoms with Gasteiger partial charge in [0.1, 0.15) is 12.4 Å². The van der Waals surface area contributed by atoms with E-state index in [2.05, 4.69) is 0 Å². The minimum Gasteiger partial charge on any atom is -0.482 e. The number of benzene rings is 1. The highest BCUT2D eigenvalue weighted by Gasteiger charge is 2.14. The van der Waals surface area contributed by atoms with Gasteiger partial charge >= 0.3 is 0 Å². The Morgan fingerprint density at radius 1 is 1.33 bits per heavy atom. The molecular weight excluding hydrogens is 258 g/mol. The van der Waals surface area contributed by atoms with E-state index in [9.17, 15) is 8.78 Å². The van der Waals surface area contributed by atoms with Crippen LogP contribution in [0.2, 0.25) is 0 Å². The fourth-order valence-electron chi connectivity index (χ4n) is 1.39. The first-order valence-corrected chi connectivity index (χ1v) is 5.94. The van der Waals surface area contributed by atoms with Crippen molar-refractivity contribution in [2.75, 3.05) is 0 Å². The highest BCUT2D eigenvalue weighted by Crippen LogP contribution is 2.24. The number of hydrogen-bond acceptors (Lipinski definition) is 3. The Labute approximate surface area is 106 Å². The van der Waals surface area contributed by atoms with Crippen molar-refractivity contribution in [3.8, 4) is 5.75 Å². The summed E-state index contributed by atoms with van der Waals surface area (Å²) in [6.45, 7) is 0.102. The number of ether oxygens (including phenoxy) is 1. The van der Waals surface area contributed by atoms with Crippen molar-refractivity contribution in [2.24, 2.45) is 5.73 Å². The van der Waals surface area contributed by atoms with Gasteiger partial charge in [0, 0.05) is 10.4 Å². The van der Waals surface area contributed by atoms with Crippen LogP contribution in [0.5, 0.6) is 5.75 Å². The monoisotopic (exact) mass is 268 g/mol. The molecule has 0 fully saturated rings. The average Bonchev–Trinajstić information content (AvgIpc) is 2.80. The van der Waals surface area contributed by atoms with Crippen LogP contribution in [-0.4, -0.2) is 5.84 Å². The summed E-state index contributed by atoms with van der Waals surface area (Å²) in [6, 6.07) is 5.60. The topological polar surface area (TPSA) is 59.1 Å². The van der Waals surface area contributed by atoms with E-state index in [1.54, 1.807) is 0 Å². The predicted molar refractivity (Wildman–Crippen MR) is 66.0 cm³/mol. The van der Waals surface area contributed by atoms with Gasteiger partial charge in [0.25, 0.3) is 0 Å². The van der Waals surface area contributed by atoms with E-state index in [4.69, 9.17) is 15.9 Å². The molecule has 0 saturated carbocycles. The van der Waals surface area contributed by atoms with Crippen molar-refractivity contribution in [3.63, 3.8) is 0 Å². The van der Waals surface area contributed by atoms with Gasteiger partial charge in [0.05, 0.1) is 0 Å². The van der Waals surface area contributed by atoms with E-state index in [-0.39, 0.29) is 12.2 Å². The van der Waals surface area contributed by atoms with Gasteiger partial charge in [-0.25, -0.2) is 8.78 Å². The summed E-state index contributed by atoms with van der Waals surface area (Å²) in [4.78, 5) is 0.865. The van der Waals surface area contributed by atoms with Crippen molar-refractivity contribution in [1.82, 2.24) is 0 Å². The molecule has 0 aliphatic carbocycles. The quantitative estimate of drug-likeness (QED) is 0.661. The van der Waals surface area contributed by atoms with E-state index in [1.165, 1.54) is 11.3 Å². The Kier molecular flexibility index (Phi) is 3.57. The summed E-state index contributed by atoms with van der Waals surface area (Å²) in [7, 11) is 0. The fraction of sp³-hybridized carbons (Fsp3) is 0.0833. The van der Waals surface area contributed by atoms with E-state index in [0.29, 0.717) is 0 Å². The molecule has 18 heavy (non-hydrogen) atoms. The van der Waals surface area contributed by atoms with Crippen molar-refractivity contribution in [1.29, 1.82) is 5.41 Å². The molecule has 1 heterocycles. The summed E-state index contributed by atoms with van der Waals surface area (Å²) in [5, 5.41) is 8.97. The molecule has 0 bridgehead atoms. The first-order chi connectivity index (χ1) is 8.58. The molecule has 1 aromatic heterocycles. The maximum Gasteiger partial charge on any atom is 0.191 e. The summed E-state index contributed by atoms with van der Waals surface area (Å²) in [5.74, 6) is -2.57. The number of nitrogen functional groups attached to an aromatic ring is 1.